The molecule has 0 aromatic rings. The molecule has 0 spiro atoms. The molecule has 3 atom stereocenters. The number of rotatable bonds is 2. The largest absolute Gasteiger partial charge is 0.311 e. The summed E-state index contributed by atoms with van der Waals surface area (Å²) in [4.78, 5) is 0. The van der Waals surface area contributed by atoms with Gasteiger partial charge in [-0.15, -0.1) is 0 Å². The van der Waals surface area contributed by atoms with E-state index in [9.17, 15) is 0 Å². The molecule has 0 aromatic heterocycles. The molecule has 2 aliphatic carbocycles. The first kappa shape index (κ1) is 10.5. The van der Waals surface area contributed by atoms with E-state index in [0.29, 0.717) is 11.5 Å². The van der Waals surface area contributed by atoms with Crippen LogP contribution >= 0.6 is 0 Å². The highest BCUT2D eigenvalue weighted by atomic mass is 15.0. The van der Waals surface area contributed by atoms with Crippen LogP contribution in [0.25, 0.3) is 0 Å². The zero-order chi connectivity index (χ0) is 10.3. The molecule has 0 amide bonds. The summed E-state index contributed by atoms with van der Waals surface area (Å²) in [7, 11) is 0. The highest BCUT2D eigenvalue weighted by molar-refractivity contribution is 5.08. The van der Waals surface area contributed by atoms with Crippen LogP contribution in [-0.2, 0) is 0 Å². The summed E-state index contributed by atoms with van der Waals surface area (Å²) in [5.41, 5.74) is 0.551. The average Bonchev–Trinajstić information content (AvgIpc) is 2.14. The van der Waals surface area contributed by atoms with Crippen molar-refractivity contribution in [1.82, 2.24) is 5.32 Å². The lowest BCUT2D eigenvalue weighted by molar-refractivity contribution is -0.0904. The number of hydrogen-bond donors (Lipinski definition) is 1. The van der Waals surface area contributed by atoms with Crippen LogP contribution in [-0.4, -0.2) is 12.1 Å². The molecule has 1 N–H and O–H groups in total. The van der Waals surface area contributed by atoms with Gasteiger partial charge in [0.05, 0.1) is 0 Å². The van der Waals surface area contributed by atoms with E-state index in [0.717, 1.165) is 17.9 Å². The van der Waals surface area contributed by atoms with E-state index in [1.165, 1.54) is 25.7 Å². The Morgan fingerprint density at radius 3 is 2.43 bits per heavy atom. The fourth-order valence-electron chi connectivity index (χ4n) is 3.84. The van der Waals surface area contributed by atoms with Crippen molar-refractivity contribution >= 4 is 0 Å². The Morgan fingerprint density at radius 1 is 1.14 bits per heavy atom. The van der Waals surface area contributed by atoms with Crippen LogP contribution in [0.2, 0.25) is 0 Å². The molecule has 2 rings (SSSR count). The van der Waals surface area contributed by atoms with Crippen LogP contribution in [0.1, 0.15) is 53.4 Å². The highest BCUT2D eigenvalue weighted by Gasteiger charge is 2.55. The van der Waals surface area contributed by atoms with E-state index in [-0.39, 0.29) is 0 Å². The van der Waals surface area contributed by atoms with Crippen molar-refractivity contribution in [2.75, 3.05) is 0 Å². The standard InChI is InChI=1S/C13H25N/c1-9(2)14-12-10-7-5-6-8-11(10)13(12,3)4/h9-12,14H,5-8H2,1-4H3/t10-,11+,12?/m1/s1. The minimum absolute atomic E-state index is 0.551. The van der Waals surface area contributed by atoms with Gasteiger partial charge in [0.2, 0.25) is 0 Å². The smallest absolute Gasteiger partial charge is 0.0154 e. The maximum Gasteiger partial charge on any atom is 0.0154 e. The Bertz CT molecular complexity index is 207. The third-order valence-corrected chi connectivity index (χ3v) is 4.52. The summed E-state index contributed by atoms with van der Waals surface area (Å²) < 4.78 is 0. The maximum atomic E-state index is 3.77. The quantitative estimate of drug-likeness (QED) is 0.713. The second-order valence-electron chi connectivity index (χ2n) is 6.18. The zero-order valence-corrected chi connectivity index (χ0v) is 10.1. The zero-order valence-electron chi connectivity index (χ0n) is 10.1. The lowest BCUT2D eigenvalue weighted by atomic mass is 9.47. The average molecular weight is 195 g/mol. The molecule has 0 aromatic carbocycles. The van der Waals surface area contributed by atoms with Crippen molar-refractivity contribution in [3.63, 3.8) is 0 Å². The Kier molecular flexibility index (Phi) is 2.63. The predicted octanol–water partition coefficient (Wildman–Crippen LogP) is 3.20. The minimum atomic E-state index is 0.551. The van der Waals surface area contributed by atoms with Crippen molar-refractivity contribution in [2.24, 2.45) is 17.3 Å². The Hall–Kier alpha value is -0.0400. The topological polar surface area (TPSA) is 12.0 Å². The third-order valence-electron chi connectivity index (χ3n) is 4.52. The Labute approximate surface area is 88.7 Å². The van der Waals surface area contributed by atoms with Gasteiger partial charge in [0.25, 0.3) is 0 Å². The number of hydrogen-bond acceptors (Lipinski definition) is 1. The molecule has 0 heterocycles. The van der Waals surface area contributed by atoms with Crippen molar-refractivity contribution in [1.29, 1.82) is 0 Å². The third kappa shape index (κ3) is 1.50. The molecule has 0 radical (unpaired) electrons. The molecule has 2 saturated carbocycles. The summed E-state index contributed by atoms with van der Waals surface area (Å²) in [6, 6.07) is 1.43. The molecule has 1 nitrogen and oxygen atoms in total. The number of nitrogens with one attached hydrogen (secondary N) is 1. The monoisotopic (exact) mass is 195 g/mol. The van der Waals surface area contributed by atoms with Crippen LogP contribution in [0.5, 0.6) is 0 Å². The summed E-state index contributed by atoms with van der Waals surface area (Å²) in [5.74, 6) is 1.99. The molecule has 2 fully saturated rings. The van der Waals surface area contributed by atoms with Gasteiger partial charge in [-0.1, -0.05) is 40.5 Å². The predicted molar refractivity (Wildman–Crippen MR) is 61.3 cm³/mol. The van der Waals surface area contributed by atoms with Crippen molar-refractivity contribution in [3.05, 3.63) is 0 Å². The normalized spacial score (nSPS) is 40.5. The highest BCUT2D eigenvalue weighted by Crippen LogP contribution is 2.57. The van der Waals surface area contributed by atoms with Crippen molar-refractivity contribution in [2.45, 2.75) is 65.5 Å². The first-order chi connectivity index (χ1) is 6.53. The summed E-state index contributed by atoms with van der Waals surface area (Å²) in [6.45, 7) is 9.46. The first-order valence-corrected chi connectivity index (χ1v) is 6.29. The molecule has 0 saturated heterocycles. The molecule has 1 unspecified atom stereocenters. The Balaban J connectivity index is 2.02. The van der Waals surface area contributed by atoms with Crippen LogP contribution in [0, 0.1) is 17.3 Å². The second-order valence-corrected chi connectivity index (χ2v) is 6.18. The van der Waals surface area contributed by atoms with Crippen LogP contribution in [0.4, 0.5) is 0 Å². The summed E-state index contributed by atoms with van der Waals surface area (Å²) in [5, 5.41) is 3.77. The SMILES string of the molecule is CC(C)NC1[C@@H]2CCCC[C@@H]2C1(C)C. The minimum Gasteiger partial charge on any atom is -0.311 e. The van der Waals surface area contributed by atoms with E-state index >= 15 is 0 Å². The molecular weight excluding hydrogens is 170 g/mol. The summed E-state index contributed by atoms with van der Waals surface area (Å²) >= 11 is 0. The summed E-state index contributed by atoms with van der Waals surface area (Å²) in [6.07, 6.45) is 5.89. The van der Waals surface area contributed by atoms with Gasteiger partial charge in [0.15, 0.2) is 0 Å². The molecular formula is C13H25N. The maximum absolute atomic E-state index is 3.77. The lowest BCUT2D eigenvalue weighted by Gasteiger charge is -2.61. The number of fused-ring (bicyclic) bond motifs is 1. The Morgan fingerprint density at radius 2 is 1.79 bits per heavy atom. The van der Waals surface area contributed by atoms with Gasteiger partial charge in [-0.05, 0) is 30.1 Å². The van der Waals surface area contributed by atoms with E-state index in [1.54, 1.807) is 0 Å². The van der Waals surface area contributed by atoms with Crippen LogP contribution in [0.15, 0.2) is 0 Å². The molecule has 2 aliphatic rings. The van der Waals surface area contributed by atoms with Crippen molar-refractivity contribution in [3.8, 4) is 0 Å². The van der Waals surface area contributed by atoms with E-state index in [2.05, 4.69) is 33.0 Å². The van der Waals surface area contributed by atoms with Gasteiger partial charge in [-0.25, -0.2) is 0 Å². The fraction of sp³-hybridized carbons (Fsp3) is 1.00. The lowest BCUT2D eigenvalue weighted by Crippen LogP contribution is -2.65. The molecule has 1 heteroatoms. The van der Waals surface area contributed by atoms with E-state index in [1.807, 2.05) is 0 Å². The van der Waals surface area contributed by atoms with Gasteiger partial charge >= 0.3 is 0 Å². The van der Waals surface area contributed by atoms with Gasteiger partial charge in [0.1, 0.15) is 0 Å². The molecule has 82 valence electrons. The first-order valence-electron chi connectivity index (χ1n) is 6.29. The van der Waals surface area contributed by atoms with Crippen molar-refractivity contribution < 1.29 is 0 Å². The fourth-order valence-corrected chi connectivity index (χ4v) is 3.84. The molecule has 0 aliphatic heterocycles. The molecule has 14 heavy (non-hydrogen) atoms. The second kappa shape index (κ2) is 3.52. The van der Waals surface area contributed by atoms with Gasteiger partial charge in [0, 0.05) is 12.1 Å². The van der Waals surface area contributed by atoms with Gasteiger partial charge in [-0.2, -0.15) is 0 Å². The van der Waals surface area contributed by atoms with E-state index in [4.69, 9.17) is 0 Å². The van der Waals surface area contributed by atoms with E-state index < -0.39 is 0 Å². The van der Waals surface area contributed by atoms with Crippen LogP contribution < -0.4 is 5.32 Å². The van der Waals surface area contributed by atoms with Gasteiger partial charge in [-0.3, -0.25) is 0 Å². The van der Waals surface area contributed by atoms with Crippen LogP contribution in [0.3, 0.4) is 0 Å². The van der Waals surface area contributed by atoms with Gasteiger partial charge < -0.3 is 5.32 Å². The molecule has 0 bridgehead atoms.